The highest BCUT2D eigenvalue weighted by atomic mass is 32.2. The number of aromatic nitrogens is 2. The average Bonchev–Trinajstić information content (AvgIpc) is 3.06. The van der Waals surface area contributed by atoms with Gasteiger partial charge < -0.3 is 9.47 Å². The van der Waals surface area contributed by atoms with Crippen LogP contribution in [0, 0.1) is 0 Å². The van der Waals surface area contributed by atoms with Crippen molar-refractivity contribution in [1.82, 2.24) is 14.5 Å². The Bertz CT molecular complexity index is 1090. The van der Waals surface area contributed by atoms with Gasteiger partial charge in [-0.1, -0.05) is 30.3 Å². The molecule has 0 N–H and O–H groups in total. The number of anilines is 1. The minimum atomic E-state index is 0.596. The van der Waals surface area contributed by atoms with Crippen LogP contribution in [0.3, 0.4) is 0 Å². The van der Waals surface area contributed by atoms with Crippen molar-refractivity contribution in [2.75, 3.05) is 37.3 Å². The number of hydrogen-bond donors (Lipinski definition) is 0. The van der Waals surface area contributed by atoms with E-state index in [0.717, 1.165) is 25.9 Å². The molecule has 0 radical (unpaired) electrons. The molecule has 2 fully saturated rings. The number of thioether (sulfide) groups is 1. The van der Waals surface area contributed by atoms with Crippen LogP contribution in [0.2, 0.25) is 0 Å². The number of aryl methyl sites for hydroxylation is 1. The smallest absolute Gasteiger partial charge is 0.114 e. The van der Waals surface area contributed by atoms with Gasteiger partial charge in [0.1, 0.15) is 5.82 Å². The van der Waals surface area contributed by atoms with Crippen LogP contribution in [-0.4, -0.2) is 57.7 Å². The molecular formula is C26H32N4S. The minimum absolute atomic E-state index is 0.596. The van der Waals surface area contributed by atoms with Gasteiger partial charge in [0.2, 0.25) is 0 Å². The highest BCUT2D eigenvalue weighted by Gasteiger charge is 2.47. The summed E-state index contributed by atoms with van der Waals surface area (Å²) < 4.78 is 3.13. The Morgan fingerprint density at radius 1 is 1.10 bits per heavy atom. The molecule has 1 unspecified atom stereocenters. The number of likely N-dealkylation sites (tertiary alicyclic amines) is 1. The summed E-state index contributed by atoms with van der Waals surface area (Å²) >= 11 is 2.18. The second kappa shape index (κ2) is 7.56. The molecule has 3 aromatic rings. The molecule has 0 bridgehead atoms. The van der Waals surface area contributed by atoms with E-state index in [2.05, 4.69) is 82.6 Å². The van der Waals surface area contributed by atoms with E-state index in [-0.39, 0.29) is 0 Å². The molecule has 3 aliphatic rings. The average molecular weight is 433 g/mol. The number of imidazole rings is 1. The zero-order valence-electron chi connectivity index (χ0n) is 18.7. The third-order valence-corrected chi connectivity index (χ3v) is 9.25. The van der Waals surface area contributed by atoms with E-state index >= 15 is 0 Å². The van der Waals surface area contributed by atoms with Gasteiger partial charge in [0.25, 0.3) is 0 Å². The van der Waals surface area contributed by atoms with Crippen LogP contribution in [0.4, 0.5) is 5.69 Å². The van der Waals surface area contributed by atoms with Crippen LogP contribution >= 0.6 is 11.8 Å². The molecule has 0 amide bonds. The fraction of sp³-hybridized carbons (Fsp3) is 0.500. The largest absolute Gasteiger partial charge is 0.372 e. The first-order chi connectivity index (χ1) is 15.1. The molecule has 4 heterocycles. The summed E-state index contributed by atoms with van der Waals surface area (Å²) in [4.78, 5) is 10.3. The first-order valence-corrected chi connectivity index (χ1v) is 12.7. The summed E-state index contributed by atoms with van der Waals surface area (Å²) in [6.07, 6.45) is 4.65. The van der Waals surface area contributed by atoms with Gasteiger partial charge in [-0.2, -0.15) is 11.8 Å². The first-order valence-electron chi connectivity index (χ1n) is 11.8. The van der Waals surface area contributed by atoms with Gasteiger partial charge in [0.05, 0.1) is 11.0 Å². The normalized spacial score (nSPS) is 22.4. The molecule has 4 nitrogen and oxygen atoms in total. The van der Waals surface area contributed by atoms with Crippen molar-refractivity contribution >= 4 is 28.5 Å². The van der Waals surface area contributed by atoms with Gasteiger partial charge in [0.15, 0.2) is 0 Å². The number of hydrogen-bond acceptors (Lipinski definition) is 4. The van der Waals surface area contributed by atoms with Crippen molar-refractivity contribution in [3.8, 4) is 0 Å². The fourth-order valence-electron chi connectivity index (χ4n) is 5.62. The fourth-order valence-corrected chi connectivity index (χ4v) is 6.95. The van der Waals surface area contributed by atoms with E-state index in [1.54, 1.807) is 0 Å². The van der Waals surface area contributed by atoms with E-state index in [0.29, 0.717) is 10.8 Å². The zero-order valence-corrected chi connectivity index (χ0v) is 19.5. The molecule has 31 heavy (non-hydrogen) atoms. The molecule has 1 atom stereocenters. The van der Waals surface area contributed by atoms with Gasteiger partial charge in [-0.25, -0.2) is 4.98 Å². The Morgan fingerprint density at radius 2 is 1.90 bits per heavy atom. The van der Waals surface area contributed by atoms with Crippen molar-refractivity contribution in [2.45, 2.75) is 49.9 Å². The van der Waals surface area contributed by atoms with E-state index in [4.69, 9.17) is 4.98 Å². The van der Waals surface area contributed by atoms with Gasteiger partial charge in [-0.15, -0.1) is 0 Å². The summed E-state index contributed by atoms with van der Waals surface area (Å²) in [5, 5.41) is 0. The van der Waals surface area contributed by atoms with E-state index < -0.39 is 0 Å². The maximum atomic E-state index is 5.27. The highest BCUT2D eigenvalue weighted by molar-refractivity contribution is 8.02. The molecule has 0 aliphatic carbocycles. The summed E-state index contributed by atoms with van der Waals surface area (Å²) in [5.74, 6) is 2.57. The first kappa shape index (κ1) is 19.7. The second-order valence-electron chi connectivity index (χ2n) is 9.76. The van der Waals surface area contributed by atoms with Crippen LogP contribution in [0.5, 0.6) is 0 Å². The van der Waals surface area contributed by atoms with Crippen molar-refractivity contribution in [3.63, 3.8) is 0 Å². The second-order valence-corrected chi connectivity index (χ2v) is 11.3. The lowest BCUT2D eigenvalue weighted by atomic mass is 9.95. The lowest BCUT2D eigenvalue weighted by molar-refractivity contribution is 0.112. The van der Waals surface area contributed by atoms with Crippen molar-refractivity contribution in [3.05, 3.63) is 59.4 Å². The molecular weight excluding hydrogens is 400 g/mol. The predicted molar refractivity (Wildman–Crippen MR) is 131 cm³/mol. The quantitative estimate of drug-likeness (QED) is 0.589. The molecule has 6 rings (SSSR count). The summed E-state index contributed by atoms with van der Waals surface area (Å²) in [6.45, 7) is 7.04. The van der Waals surface area contributed by atoms with E-state index in [1.165, 1.54) is 65.4 Å². The maximum Gasteiger partial charge on any atom is 0.114 e. The molecule has 1 spiro atoms. The minimum Gasteiger partial charge on any atom is -0.372 e. The Labute approximate surface area is 189 Å². The predicted octanol–water partition coefficient (Wildman–Crippen LogP) is 4.59. The van der Waals surface area contributed by atoms with Gasteiger partial charge in [0, 0.05) is 61.7 Å². The van der Waals surface area contributed by atoms with E-state index in [1.807, 2.05) is 0 Å². The van der Waals surface area contributed by atoms with Crippen LogP contribution in [0.25, 0.3) is 11.0 Å². The number of fused-ring (bicyclic) bond motifs is 3. The summed E-state index contributed by atoms with van der Waals surface area (Å²) in [7, 11) is 2.23. The third-order valence-electron chi connectivity index (χ3n) is 7.77. The summed E-state index contributed by atoms with van der Waals surface area (Å²) in [5.41, 5.74) is 6.71. The van der Waals surface area contributed by atoms with Crippen LogP contribution < -0.4 is 4.90 Å². The van der Waals surface area contributed by atoms with Crippen molar-refractivity contribution in [2.24, 2.45) is 0 Å². The molecule has 162 valence electrons. The number of nitrogens with zero attached hydrogens (tertiary/aromatic N) is 4. The SMILES string of the molecule is CC1CCc2c(ccc3c2nc(Cc2ccccc2)n3CCN2CC3(CCS3)C2)N1C. The molecule has 3 aliphatic heterocycles. The summed E-state index contributed by atoms with van der Waals surface area (Å²) in [6, 6.07) is 16.1. The van der Waals surface area contributed by atoms with Crippen molar-refractivity contribution in [1.29, 1.82) is 0 Å². The standard InChI is InChI=1S/C26H32N4S/c1-19-8-9-21-22(28(19)2)10-11-23-25(21)27-24(16-20-6-4-3-5-7-20)30(23)14-13-29-17-26(18-29)12-15-31-26/h3-7,10-11,19H,8-9,12-18H2,1-2H3. The maximum absolute atomic E-state index is 5.27. The molecule has 2 aromatic carbocycles. The van der Waals surface area contributed by atoms with E-state index in [9.17, 15) is 0 Å². The van der Waals surface area contributed by atoms with Crippen LogP contribution in [0.15, 0.2) is 42.5 Å². The van der Waals surface area contributed by atoms with Gasteiger partial charge in [-0.05, 0) is 49.6 Å². The topological polar surface area (TPSA) is 24.3 Å². The molecule has 1 aromatic heterocycles. The number of rotatable bonds is 5. The molecule has 5 heteroatoms. The van der Waals surface area contributed by atoms with Gasteiger partial charge in [-0.3, -0.25) is 4.90 Å². The zero-order chi connectivity index (χ0) is 21.0. The lowest BCUT2D eigenvalue weighted by Gasteiger charge is -2.55. The Balaban J connectivity index is 1.34. The van der Waals surface area contributed by atoms with Crippen LogP contribution in [-0.2, 0) is 19.4 Å². The molecule has 0 saturated carbocycles. The van der Waals surface area contributed by atoms with Crippen LogP contribution in [0.1, 0.15) is 36.7 Å². The lowest BCUT2D eigenvalue weighted by Crippen LogP contribution is -2.63. The Kier molecular flexibility index (Phi) is 4.80. The third kappa shape index (κ3) is 3.37. The monoisotopic (exact) mass is 432 g/mol. The van der Waals surface area contributed by atoms with Crippen molar-refractivity contribution < 1.29 is 0 Å². The Morgan fingerprint density at radius 3 is 2.65 bits per heavy atom. The van der Waals surface area contributed by atoms with Gasteiger partial charge >= 0.3 is 0 Å². The molecule has 2 saturated heterocycles. The highest BCUT2D eigenvalue weighted by Crippen LogP contribution is 2.47. The number of benzene rings is 2. The Hall–Kier alpha value is -1.98.